The number of halogens is 1. The highest BCUT2D eigenvalue weighted by atomic mass is 19.1. The highest BCUT2D eigenvalue weighted by Crippen LogP contribution is 2.35. The van der Waals surface area contributed by atoms with E-state index < -0.39 is 0 Å². The summed E-state index contributed by atoms with van der Waals surface area (Å²) < 4.78 is 14.0. The Balaban J connectivity index is 1.99. The molecule has 0 bridgehead atoms. The summed E-state index contributed by atoms with van der Waals surface area (Å²) in [5.74, 6) is 0.563. The quantitative estimate of drug-likeness (QED) is 0.632. The first-order chi connectivity index (χ1) is 11.0. The molecule has 1 aliphatic rings. The Morgan fingerprint density at radius 2 is 1.83 bits per heavy atom. The number of aryl methyl sites for hydroxylation is 1. The van der Waals surface area contributed by atoms with E-state index in [1.165, 1.54) is 18.4 Å². The van der Waals surface area contributed by atoms with Crippen molar-refractivity contribution in [1.82, 2.24) is 0 Å². The summed E-state index contributed by atoms with van der Waals surface area (Å²) >= 11 is 0. The van der Waals surface area contributed by atoms with Gasteiger partial charge in [-0.15, -0.1) is 0 Å². The van der Waals surface area contributed by atoms with Gasteiger partial charge in [0.25, 0.3) is 0 Å². The van der Waals surface area contributed by atoms with Crippen molar-refractivity contribution in [2.45, 2.75) is 45.6 Å². The smallest absolute Gasteiger partial charge is 0.126 e. The van der Waals surface area contributed by atoms with Crippen LogP contribution in [0.5, 0.6) is 0 Å². The molecular weight excluding hydrogens is 285 g/mol. The molecule has 0 atom stereocenters. The molecule has 3 rings (SSSR count). The van der Waals surface area contributed by atoms with E-state index in [0.717, 1.165) is 17.7 Å². The van der Waals surface area contributed by atoms with Gasteiger partial charge in [-0.1, -0.05) is 42.5 Å². The lowest BCUT2D eigenvalue weighted by Gasteiger charge is -2.23. The van der Waals surface area contributed by atoms with Gasteiger partial charge in [-0.2, -0.15) is 0 Å². The third-order valence-electron chi connectivity index (χ3n) is 4.58. The topological polar surface area (TPSA) is 12.4 Å². The molecule has 1 nitrogen and oxygen atoms in total. The van der Waals surface area contributed by atoms with Crippen LogP contribution in [-0.4, -0.2) is 5.71 Å². The SMILES string of the molecule is Cc1ccc(C(CC2CC2)=NC(C)(C)c2ccccc2)cc1F. The van der Waals surface area contributed by atoms with E-state index >= 15 is 0 Å². The van der Waals surface area contributed by atoms with Crippen molar-refractivity contribution in [2.75, 3.05) is 0 Å². The van der Waals surface area contributed by atoms with Crippen molar-refractivity contribution in [3.05, 3.63) is 71.0 Å². The second kappa shape index (κ2) is 6.27. The minimum Gasteiger partial charge on any atom is -0.278 e. The van der Waals surface area contributed by atoms with Gasteiger partial charge in [0, 0.05) is 5.71 Å². The van der Waals surface area contributed by atoms with Gasteiger partial charge in [-0.3, -0.25) is 4.99 Å². The Kier molecular flexibility index (Phi) is 4.34. The molecule has 0 N–H and O–H groups in total. The van der Waals surface area contributed by atoms with Gasteiger partial charge < -0.3 is 0 Å². The zero-order valence-electron chi connectivity index (χ0n) is 14.1. The molecule has 0 aromatic heterocycles. The lowest BCUT2D eigenvalue weighted by atomic mass is 9.93. The van der Waals surface area contributed by atoms with E-state index in [-0.39, 0.29) is 11.4 Å². The molecule has 1 fully saturated rings. The number of hydrogen-bond acceptors (Lipinski definition) is 1. The second-order valence-electron chi connectivity index (χ2n) is 7.10. The molecule has 120 valence electrons. The van der Waals surface area contributed by atoms with Gasteiger partial charge in [-0.05, 0) is 68.7 Å². The van der Waals surface area contributed by atoms with Gasteiger partial charge in [0.15, 0.2) is 0 Å². The molecule has 1 saturated carbocycles. The number of nitrogens with zero attached hydrogens (tertiary/aromatic N) is 1. The minimum absolute atomic E-state index is 0.150. The molecule has 0 amide bonds. The first kappa shape index (κ1) is 15.9. The van der Waals surface area contributed by atoms with Crippen LogP contribution in [0.4, 0.5) is 4.39 Å². The van der Waals surface area contributed by atoms with E-state index in [0.29, 0.717) is 11.5 Å². The lowest BCUT2D eigenvalue weighted by molar-refractivity contribution is 0.555. The maximum absolute atomic E-state index is 14.0. The van der Waals surface area contributed by atoms with Crippen molar-refractivity contribution in [1.29, 1.82) is 0 Å². The van der Waals surface area contributed by atoms with Crippen molar-refractivity contribution in [3.63, 3.8) is 0 Å². The van der Waals surface area contributed by atoms with Gasteiger partial charge in [0.2, 0.25) is 0 Å². The summed E-state index contributed by atoms with van der Waals surface area (Å²) in [5, 5.41) is 0. The Hall–Kier alpha value is -1.96. The number of aliphatic imine (C=N–C) groups is 1. The summed E-state index contributed by atoms with van der Waals surface area (Å²) in [6.07, 6.45) is 3.47. The van der Waals surface area contributed by atoms with E-state index in [4.69, 9.17) is 4.99 Å². The van der Waals surface area contributed by atoms with Crippen LogP contribution in [-0.2, 0) is 5.54 Å². The van der Waals surface area contributed by atoms with Crippen molar-refractivity contribution in [3.8, 4) is 0 Å². The van der Waals surface area contributed by atoms with E-state index in [2.05, 4.69) is 26.0 Å². The standard InChI is InChI=1S/C21H24FN/c1-15-9-12-17(14-19(15)22)20(13-16-10-11-16)23-21(2,3)18-7-5-4-6-8-18/h4-9,12,14,16H,10-11,13H2,1-3H3. The molecular formula is C21H24FN. The van der Waals surface area contributed by atoms with Crippen molar-refractivity contribution < 1.29 is 4.39 Å². The van der Waals surface area contributed by atoms with Gasteiger partial charge in [0.05, 0.1) is 5.54 Å². The molecule has 1 aliphatic carbocycles. The highest BCUT2D eigenvalue weighted by Gasteiger charge is 2.27. The van der Waals surface area contributed by atoms with Crippen LogP contribution in [0.2, 0.25) is 0 Å². The fraction of sp³-hybridized carbons (Fsp3) is 0.381. The second-order valence-corrected chi connectivity index (χ2v) is 7.10. The average molecular weight is 309 g/mol. The Labute approximate surface area is 138 Å². The fourth-order valence-electron chi connectivity index (χ4n) is 2.84. The lowest BCUT2D eigenvalue weighted by Crippen LogP contribution is -2.18. The van der Waals surface area contributed by atoms with Gasteiger partial charge >= 0.3 is 0 Å². The van der Waals surface area contributed by atoms with E-state index in [9.17, 15) is 4.39 Å². The van der Waals surface area contributed by atoms with Gasteiger partial charge in [-0.25, -0.2) is 4.39 Å². The summed E-state index contributed by atoms with van der Waals surface area (Å²) in [4.78, 5) is 5.05. The summed E-state index contributed by atoms with van der Waals surface area (Å²) in [5.41, 5.74) is 3.50. The molecule has 0 saturated heterocycles. The van der Waals surface area contributed by atoms with Crippen LogP contribution < -0.4 is 0 Å². The van der Waals surface area contributed by atoms with E-state index in [1.807, 2.05) is 30.3 Å². The monoisotopic (exact) mass is 309 g/mol. The first-order valence-corrected chi connectivity index (χ1v) is 8.36. The Bertz CT molecular complexity index is 712. The third-order valence-corrected chi connectivity index (χ3v) is 4.58. The molecule has 0 spiro atoms. The molecule has 0 heterocycles. The van der Waals surface area contributed by atoms with Crippen LogP contribution in [0.25, 0.3) is 0 Å². The maximum Gasteiger partial charge on any atom is 0.126 e. The first-order valence-electron chi connectivity index (χ1n) is 8.36. The normalized spacial score (nSPS) is 15.7. The number of hydrogen-bond donors (Lipinski definition) is 0. The third kappa shape index (κ3) is 3.87. The van der Waals surface area contributed by atoms with Crippen molar-refractivity contribution in [2.24, 2.45) is 10.9 Å². The Morgan fingerprint density at radius 3 is 2.43 bits per heavy atom. The molecule has 2 aromatic rings. The van der Waals surface area contributed by atoms with Crippen LogP contribution in [0.15, 0.2) is 53.5 Å². The average Bonchev–Trinajstić information content (AvgIpc) is 3.34. The Morgan fingerprint density at radius 1 is 1.13 bits per heavy atom. The van der Waals surface area contributed by atoms with Crippen LogP contribution in [0, 0.1) is 18.7 Å². The maximum atomic E-state index is 14.0. The molecule has 0 unspecified atom stereocenters. The zero-order valence-corrected chi connectivity index (χ0v) is 14.1. The predicted octanol–water partition coefficient (Wildman–Crippen LogP) is 5.66. The highest BCUT2D eigenvalue weighted by molar-refractivity contribution is 6.01. The summed E-state index contributed by atoms with van der Waals surface area (Å²) in [7, 11) is 0. The molecule has 0 aliphatic heterocycles. The van der Waals surface area contributed by atoms with Crippen molar-refractivity contribution >= 4 is 5.71 Å². The zero-order chi connectivity index (χ0) is 16.4. The molecule has 23 heavy (non-hydrogen) atoms. The van der Waals surface area contributed by atoms with Crippen LogP contribution >= 0.6 is 0 Å². The molecule has 2 heteroatoms. The molecule has 2 aromatic carbocycles. The fourth-order valence-corrected chi connectivity index (χ4v) is 2.84. The van der Waals surface area contributed by atoms with E-state index in [1.54, 1.807) is 13.0 Å². The minimum atomic E-state index is -0.313. The summed E-state index contributed by atoms with van der Waals surface area (Å²) in [6, 6.07) is 15.8. The molecule has 0 radical (unpaired) electrons. The van der Waals surface area contributed by atoms with Crippen LogP contribution in [0.3, 0.4) is 0 Å². The van der Waals surface area contributed by atoms with Gasteiger partial charge in [0.1, 0.15) is 5.82 Å². The van der Waals surface area contributed by atoms with Crippen LogP contribution in [0.1, 0.15) is 49.8 Å². The largest absolute Gasteiger partial charge is 0.278 e. The summed E-state index contributed by atoms with van der Waals surface area (Å²) in [6.45, 7) is 6.05. The number of benzene rings is 2. The number of rotatable bonds is 5. The predicted molar refractivity (Wildman–Crippen MR) is 94.5 cm³/mol.